The standard InChI is InChI=1S/C2F4O3S/c3-1(4)2(5,6)9-10(7)8-1. The molecule has 0 atom stereocenters. The highest BCUT2D eigenvalue weighted by Gasteiger charge is 2.68. The molecule has 1 aliphatic heterocycles. The van der Waals surface area contributed by atoms with Crippen LogP contribution in [0.5, 0.6) is 0 Å². The Labute approximate surface area is 54.8 Å². The third-order valence-corrected chi connectivity index (χ3v) is 1.38. The molecule has 8 heteroatoms. The zero-order chi connectivity index (χ0) is 7.99. The van der Waals surface area contributed by atoms with Gasteiger partial charge in [0, 0.05) is 0 Å². The van der Waals surface area contributed by atoms with Gasteiger partial charge in [-0.2, -0.15) is 30.1 Å². The predicted molar refractivity (Wildman–Crippen MR) is 20.2 cm³/mol. The van der Waals surface area contributed by atoms with E-state index in [9.17, 15) is 21.8 Å². The van der Waals surface area contributed by atoms with Gasteiger partial charge in [-0.05, 0) is 0 Å². The quantitative estimate of drug-likeness (QED) is 0.517. The van der Waals surface area contributed by atoms with Crippen LogP contribution in [-0.2, 0) is 19.7 Å². The molecule has 1 fully saturated rings. The minimum atomic E-state index is -4.79. The van der Waals surface area contributed by atoms with Crippen molar-refractivity contribution in [1.29, 1.82) is 0 Å². The van der Waals surface area contributed by atoms with Gasteiger partial charge in [-0.1, -0.05) is 0 Å². The maximum absolute atomic E-state index is 11.7. The number of rotatable bonds is 0. The van der Waals surface area contributed by atoms with Crippen LogP contribution in [0.25, 0.3) is 0 Å². The summed E-state index contributed by atoms with van der Waals surface area (Å²) in [5.41, 5.74) is 0. The van der Waals surface area contributed by atoms with E-state index in [-0.39, 0.29) is 0 Å². The van der Waals surface area contributed by atoms with E-state index in [4.69, 9.17) is 0 Å². The second-order valence-corrected chi connectivity index (χ2v) is 2.15. The summed E-state index contributed by atoms with van der Waals surface area (Å²) in [6.07, 6.45) is -9.59. The Balaban J connectivity index is 2.88. The minimum Gasteiger partial charge on any atom is -0.197 e. The van der Waals surface area contributed by atoms with Crippen molar-refractivity contribution in [3.05, 3.63) is 0 Å². The summed E-state index contributed by atoms with van der Waals surface area (Å²) in [7, 11) is 0. The van der Waals surface area contributed by atoms with Crippen LogP contribution in [-0.4, -0.2) is 16.4 Å². The molecule has 60 valence electrons. The van der Waals surface area contributed by atoms with Gasteiger partial charge in [0.2, 0.25) is 0 Å². The van der Waals surface area contributed by atoms with Crippen LogP contribution in [0.15, 0.2) is 0 Å². The molecular weight excluding hydrogens is 180 g/mol. The van der Waals surface area contributed by atoms with Gasteiger partial charge in [0.15, 0.2) is 0 Å². The SMILES string of the molecule is O=S1OC(F)(F)C(F)(F)O1. The van der Waals surface area contributed by atoms with Gasteiger partial charge in [-0.3, -0.25) is 0 Å². The molecular formula is C2F4O3S. The molecule has 0 aliphatic carbocycles. The summed E-state index contributed by atoms with van der Waals surface area (Å²) < 4.78 is 62.4. The molecule has 1 rings (SSSR count). The Hall–Kier alpha value is -0.210. The molecule has 0 aromatic carbocycles. The Kier molecular flexibility index (Phi) is 1.49. The fraction of sp³-hybridized carbons (Fsp3) is 1.00. The monoisotopic (exact) mass is 180 g/mol. The first-order valence-corrected chi connectivity index (χ1v) is 2.91. The van der Waals surface area contributed by atoms with Gasteiger partial charge in [0.1, 0.15) is 0 Å². The van der Waals surface area contributed by atoms with Crippen LogP contribution in [0.2, 0.25) is 0 Å². The van der Waals surface area contributed by atoms with E-state index in [1.807, 2.05) is 0 Å². The lowest BCUT2D eigenvalue weighted by molar-refractivity contribution is -0.344. The molecule has 0 N–H and O–H groups in total. The summed E-state index contributed by atoms with van der Waals surface area (Å²) in [6.45, 7) is 0. The minimum absolute atomic E-state index is 2.93. The van der Waals surface area contributed by atoms with Gasteiger partial charge in [-0.15, -0.1) is 0 Å². The molecule has 1 heterocycles. The summed E-state index contributed by atoms with van der Waals surface area (Å²) >= 11 is -3.06. The molecule has 1 saturated heterocycles. The number of hydrogen-bond acceptors (Lipinski definition) is 3. The van der Waals surface area contributed by atoms with Gasteiger partial charge in [-0.25, -0.2) is 0 Å². The first-order valence-electron chi connectivity index (χ1n) is 1.91. The molecule has 0 amide bonds. The van der Waals surface area contributed by atoms with Crippen molar-refractivity contribution in [3.63, 3.8) is 0 Å². The molecule has 0 unspecified atom stereocenters. The van der Waals surface area contributed by atoms with Crippen LogP contribution in [0, 0.1) is 0 Å². The molecule has 1 aliphatic rings. The first kappa shape index (κ1) is 7.89. The predicted octanol–water partition coefficient (Wildman–Crippen LogP) is 0.798. The highest BCUT2D eigenvalue weighted by molar-refractivity contribution is 7.75. The molecule has 0 aromatic rings. The molecule has 0 saturated carbocycles. The van der Waals surface area contributed by atoms with Gasteiger partial charge < -0.3 is 0 Å². The van der Waals surface area contributed by atoms with Crippen molar-refractivity contribution >= 4 is 11.4 Å². The Morgan fingerprint density at radius 2 is 1.30 bits per heavy atom. The van der Waals surface area contributed by atoms with Crippen LogP contribution >= 0.6 is 0 Å². The van der Waals surface area contributed by atoms with Crippen molar-refractivity contribution in [2.24, 2.45) is 0 Å². The summed E-state index contributed by atoms with van der Waals surface area (Å²) in [5, 5.41) is 0. The largest absolute Gasteiger partial charge is 0.463 e. The molecule has 0 aromatic heterocycles. The molecule has 0 radical (unpaired) electrons. The summed E-state index contributed by atoms with van der Waals surface area (Å²) in [4.78, 5) is 0. The fourth-order valence-corrected chi connectivity index (χ4v) is 0.855. The van der Waals surface area contributed by atoms with Crippen molar-refractivity contribution in [1.82, 2.24) is 0 Å². The zero-order valence-corrected chi connectivity index (χ0v) is 4.96. The normalized spacial score (nSPS) is 30.8. The third kappa shape index (κ3) is 1.02. The van der Waals surface area contributed by atoms with Crippen LogP contribution < -0.4 is 0 Å². The van der Waals surface area contributed by atoms with E-state index in [2.05, 4.69) is 8.37 Å². The van der Waals surface area contributed by atoms with E-state index < -0.39 is 23.6 Å². The maximum Gasteiger partial charge on any atom is 0.463 e. The van der Waals surface area contributed by atoms with E-state index in [0.29, 0.717) is 0 Å². The fourth-order valence-electron chi connectivity index (χ4n) is 0.285. The van der Waals surface area contributed by atoms with Gasteiger partial charge >= 0.3 is 23.6 Å². The van der Waals surface area contributed by atoms with Crippen molar-refractivity contribution in [2.75, 3.05) is 0 Å². The van der Waals surface area contributed by atoms with Crippen molar-refractivity contribution < 1.29 is 30.1 Å². The van der Waals surface area contributed by atoms with Gasteiger partial charge in [0.05, 0.1) is 0 Å². The molecule has 3 nitrogen and oxygen atoms in total. The Bertz CT molecular complexity index is 161. The average molecular weight is 180 g/mol. The van der Waals surface area contributed by atoms with Crippen molar-refractivity contribution in [3.8, 4) is 0 Å². The third-order valence-electron chi connectivity index (χ3n) is 0.684. The number of alkyl halides is 4. The molecule has 0 bridgehead atoms. The van der Waals surface area contributed by atoms with E-state index >= 15 is 0 Å². The average Bonchev–Trinajstić information content (AvgIpc) is 1.73. The lowest BCUT2D eigenvalue weighted by atomic mass is 10.6. The highest BCUT2D eigenvalue weighted by Crippen LogP contribution is 2.43. The zero-order valence-electron chi connectivity index (χ0n) is 4.14. The van der Waals surface area contributed by atoms with Crippen LogP contribution in [0.3, 0.4) is 0 Å². The van der Waals surface area contributed by atoms with Crippen LogP contribution in [0.1, 0.15) is 0 Å². The summed E-state index contributed by atoms with van der Waals surface area (Å²) in [5.74, 6) is 0. The van der Waals surface area contributed by atoms with Gasteiger partial charge in [0.25, 0.3) is 0 Å². The maximum atomic E-state index is 11.7. The van der Waals surface area contributed by atoms with Crippen LogP contribution in [0.4, 0.5) is 17.6 Å². The number of halogens is 4. The van der Waals surface area contributed by atoms with Crippen molar-refractivity contribution in [2.45, 2.75) is 12.2 Å². The molecule has 0 spiro atoms. The smallest absolute Gasteiger partial charge is 0.197 e. The summed E-state index contributed by atoms with van der Waals surface area (Å²) in [6, 6.07) is 0. The molecule has 10 heavy (non-hydrogen) atoms. The second-order valence-electron chi connectivity index (χ2n) is 1.40. The topological polar surface area (TPSA) is 35.5 Å². The van der Waals surface area contributed by atoms with E-state index in [0.717, 1.165) is 0 Å². The lowest BCUT2D eigenvalue weighted by Gasteiger charge is -2.10. The Morgan fingerprint density at radius 1 is 1.00 bits per heavy atom. The van der Waals surface area contributed by atoms with E-state index in [1.54, 1.807) is 0 Å². The van der Waals surface area contributed by atoms with E-state index in [1.165, 1.54) is 0 Å². The lowest BCUT2D eigenvalue weighted by Crippen LogP contribution is -2.36. The highest BCUT2D eigenvalue weighted by atomic mass is 32.2. The first-order chi connectivity index (χ1) is 4.35. The Morgan fingerprint density at radius 3 is 1.40 bits per heavy atom. The second kappa shape index (κ2) is 1.89. The number of hydrogen-bond donors (Lipinski definition) is 0.